The highest BCUT2D eigenvalue weighted by Gasteiger charge is 2.24. The molecule has 0 saturated carbocycles. The zero-order chi connectivity index (χ0) is 21.8. The summed E-state index contributed by atoms with van der Waals surface area (Å²) in [5, 5.41) is 0. The minimum Gasteiger partial charge on any atom is -0.496 e. The molecular weight excluding hydrogens is 390 g/mol. The van der Waals surface area contributed by atoms with Gasteiger partial charge in [-0.25, -0.2) is 0 Å². The minimum absolute atomic E-state index is 0.121. The number of morpholine rings is 1. The first-order chi connectivity index (χ1) is 15.0. The van der Waals surface area contributed by atoms with Crippen LogP contribution < -0.4 is 10.5 Å². The Balaban J connectivity index is 1.52. The average molecular weight is 418 g/mol. The van der Waals surface area contributed by atoms with Crippen LogP contribution in [0.1, 0.15) is 33.3 Å². The van der Waals surface area contributed by atoms with Crippen LogP contribution in [0.5, 0.6) is 5.75 Å². The van der Waals surface area contributed by atoms with Crippen LogP contribution in [0.25, 0.3) is 11.3 Å². The number of nitrogens with zero attached hydrogens (tertiary/aromatic N) is 2. The lowest BCUT2D eigenvalue weighted by Crippen LogP contribution is -2.38. The van der Waals surface area contributed by atoms with Crippen molar-refractivity contribution in [3.63, 3.8) is 0 Å². The summed E-state index contributed by atoms with van der Waals surface area (Å²) in [5.41, 5.74) is 10.8. The lowest BCUT2D eigenvalue weighted by atomic mass is 10.1. The predicted molar refractivity (Wildman–Crippen MR) is 120 cm³/mol. The summed E-state index contributed by atoms with van der Waals surface area (Å²) in [7, 11) is 1.71. The van der Waals surface area contributed by atoms with E-state index in [1.807, 2.05) is 30.3 Å². The number of methoxy groups -OCH3 is 1. The van der Waals surface area contributed by atoms with Crippen molar-refractivity contribution in [1.82, 2.24) is 9.88 Å². The highest BCUT2D eigenvalue weighted by Crippen LogP contribution is 2.27. The summed E-state index contributed by atoms with van der Waals surface area (Å²) in [6.45, 7) is 5.10. The number of amides is 1. The van der Waals surface area contributed by atoms with Gasteiger partial charge in [-0.3, -0.25) is 14.7 Å². The topological polar surface area (TPSA) is 77.7 Å². The molecule has 0 aliphatic carbocycles. The standard InChI is InChI=1S/C25H27N3O3/c1-17-9-10-20(23(13-17)30-2)15-28-11-12-31-24(16-28)22-8-4-7-21(27-22)18-5-3-6-19(14-18)25(26)29/h3-10,13-14,24H,11-12,15-16H2,1-2H3,(H2,26,29)/t24-/m0/s1. The molecule has 1 aliphatic heterocycles. The molecule has 0 radical (unpaired) electrons. The van der Waals surface area contributed by atoms with Crippen molar-refractivity contribution in [2.24, 2.45) is 5.73 Å². The Morgan fingerprint density at radius 2 is 2.03 bits per heavy atom. The Bertz CT molecular complexity index is 1080. The summed E-state index contributed by atoms with van der Waals surface area (Å²) in [6.07, 6.45) is -0.121. The van der Waals surface area contributed by atoms with Crippen molar-refractivity contribution >= 4 is 5.91 Å². The van der Waals surface area contributed by atoms with E-state index in [-0.39, 0.29) is 6.10 Å². The zero-order valence-electron chi connectivity index (χ0n) is 17.9. The average Bonchev–Trinajstić information content (AvgIpc) is 2.80. The molecule has 3 aromatic rings. The van der Waals surface area contributed by atoms with Crippen molar-refractivity contribution in [1.29, 1.82) is 0 Å². The van der Waals surface area contributed by atoms with E-state index >= 15 is 0 Å². The van der Waals surface area contributed by atoms with Crippen molar-refractivity contribution < 1.29 is 14.3 Å². The van der Waals surface area contributed by atoms with Crippen molar-refractivity contribution in [3.05, 3.63) is 83.0 Å². The van der Waals surface area contributed by atoms with Crippen molar-refractivity contribution in [3.8, 4) is 17.0 Å². The second kappa shape index (κ2) is 9.29. The number of primary amides is 1. The number of pyridine rings is 1. The molecule has 1 atom stereocenters. The molecule has 2 heterocycles. The lowest BCUT2D eigenvalue weighted by Gasteiger charge is -2.33. The van der Waals surface area contributed by atoms with Gasteiger partial charge >= 0.3 is 0 Å². The zero-order valence-corrected chi connectivity index (χ0v) is 17.9. The van der Waals surface area contributed by atoms with Crippen LogP contribution in [0.15, 0.2) is 60.7 Å². The van der Waals surface area contributed by atoms with E-state index in [1.54, 1.807) is 19.2 Å². The Hall–Kier alpha value is -3.22. The maximum absolute atomic E-state index is 11.5. The van der Waals surface area contributed by atoms with E-state index in [2.05, 4.69) is 30.0 Å². The van der Waals surface area contributed by atoms with Crippen LogP contribution >= 0.6 is 0 Å². The highest BCUT2D eigenvalue weighted by atomic mass is 16.5. The molecule has 0 unspecified atom stereocenters. The van der Waals surface area contributed by atoms with Gasteiger partial charge in [-0.05, 0) is 42.8 Å². The third-order valence-corrected chi connectivity index (χ3v) is 5.53. The first kappa shape index (κ1) is 21.0. The smallest absolute Gasteiger partial charge is 0.248 e. The number of hydrogen-bond donors (Lipinski definition) is 1. The van der Waals surface area contributed by atoms with Gasteiger partial charge in [-0.2, -0.15) is 0 Å². The van der Waals surface area contributed by atoms with Gasteiger partial charge in [0.2, 0.25) is 5.91 Å². The molecule has 1 amide bonds. The first-order valence-electron chi connectivity index (χ1n) is 10.4. The van der Waals surface area contributed by atoms with Crippen LogP contribution in [-0.4, -0.2) is 42.6 Å². The van der Waals surface area contributed by atoms with E-state index in [0.717, 1.165) is 42.3 Å². The van der Waals surface area contributed by atoms with Crippen LogP contribution in [0, 0.1) is 6.92 Å². The van der Waals surface area contributed by atoms with Gasteiger partial charge < -0.3 is 15.2 Å². The van der Waals surface area contributed by atoms with Crippen molar-refractivity contribution in [2.75, 3.05) is 26.8 Å². The number of ether oxygens (including phenoxy) is 2. The minimum atomic E-state index is -0.448. The molecule has 4 rings (SSSR count). The summed E-state index contributed by atoms with van der Waals surface area (Å²) in [4.78, 5) is 18.7. The van der Waals surface area contributed by atoms with E-state index in [4.69, 9.17) is 20.2 Å². The normalized spacial score (nSPS) is 16.8. The summed E-state index contributed by atoms with van der Waals surface area (Å²) < 4.78 is 11.6. The number of carbonyl (C=O) groups excluding carboxylic acids is 1. The Morgan fingerprint density at radius 1 is 1.19 bits per heavy atom. The van der Waals surface area contributed by atoms with Crippen molar-refractivity contribution in [2.45, 2.75) is 19.6 Å². The SMILES string of the molecule is COc1cc(C)ccc1CN1CCO[C@H](c2cccc(-c3cccc(C(N)=O)c3)n2)C1. The number of rotatable bonds is 6. The van der Waals surface area contributed by atoms with Crippen LogP contribution in [0.3, 0.4) is 0 Å². The van der Waals surface area contributed by atoms with Crippen LogP contribution in [0.4, 0.5) is 0 Å². The fraction of sp³-hybridized carbons (Fsp3) is 0.280. The third-order valence-electron chi connectivity index (χ3n) is 5.53. The first-order valence-corrected chi connectivity index (χ1v) is 10.4. The van der Waals surface area contributed by atoms with E-state index in [1.165, 1.54) is 11.1 Å². The molecule has 1 saturated heterocycles. The van der Waals surface area contributed by atoms with Crippen LogP contribution in [0.2, 0.25) is 0 Å². The molecule has 0 bridgehead atoms. The largest absolute Gasteiger partial charge is 0.496 e. The summed E-state index contributed by atoms with van der Waals surface area (Å²) in [5.74, 6) is 0.466. The van der Waals surface area contributed by atoms with Gasteiger partial charge in [-0.1, -0.05) is 30.3 Å². The van der Waals surface area contributed by atoms with E-state index in [9.17, 15) is 4.79 Å². The molecule has 1 aliphatic rings. The fourth-order valence-corrected chi connectivity index (χ4v) is 3.87. The molecule has 6 heteroatoms. The molecule has 160 valence electrons. The third kappa shape index (κ3) is 4.93. The number of carbonyl (C=O) groups is 1. The van der Waals surface area contributed by atoms with Gasteiger partial charge in [0.1, 0.15) is 11.9 Å². The second-order valence-electron chi connectivity index (χ2n) is 7.80. The quantitative estimate of drug-likeness (QED) is 0.661. The molecule has 0 spiro atoms. The second-order valence-corrected chi connectivity index (χ2v) is 7.80. The predicted octanol–water partition coefficient (Wildman–Crippen LogP) is 3.74. The van der Waals surface area contributed by atoms with Gasteiger partial charge in [0.05, 0.1) is 25.1 Å². The number of nitrogens with two attached hydrogens (primary N) is 1. The number of benzene rings is 2. The Kier molecular flexibility index (Phi) is 6.30. The van der Waals surface area contributed by atoms with Gasteiger partial charge in [0.25, 0.3) is 0 Å². The Labute approximate surface area is 182 Å². The van der Waals surface area contributed by atoms with Gasteiger partial charge in [-0.15, -0.1) is 0 Å². The molecule has 6 nitrogen and oxygen atoms in total. The van der Waals surface area contributed by atoms with Gasteiger partial charge in [0, 0.05) is 36.3 Å². The number of aromatic nitrogens is 1. The maximum Gasteiger partial charge on any atom is 0.248 e. The fourth-order valence-electron chi connectivity index (χ4n) is 3.87. The molecule has 2 aromatic carbocycles. The molecule has 31 heavy (non-hydrogen) atoms. The van der Waals surface area contributed by atoms with Crippen LogP contribution in [-0.2, 0) is 11.3 Å². The Morgan fingerprint density at radius 3 is 2.84 bits per heavy atom. The van der Waals surface area contributed by atoms with E-state index < -0.39 is 5.91 Å². The monoisotopic (exact) mass is 417 g/mol. The molecule has 2 N–H and O–H groups in total. The highest BCUT2D eigenvalue weighted by molar-refractivity contribution is 5.93. The van der Waals surface area contributed by atoms with E-state index in [0.29, 0.717) is 12.2 Å². The maximum atomic E-state index is 11.5. The number of hydrogen-bond acceptors (Lipinski definition) is 5. The number of aryl methyl sites for hydroxylation is 1. The molecule has 1 aromatic heterocycles. The molecule has 1 fully saturated rings. The van der Waals surface area contributed by atoms with Gasteiger partial charge in [0.15, 0.2) is 0 Å². The summed E-state index contributed by atoms with van der Waals surface area (Å²) >= 11 is 0. The molecular formula is C25H27N3O3. The summed E-state index contributed by atoms with van der Waals surface area (Å²) in [6, 6.07) is 19.4. The lowest BCUT2D eigenvalue weighted by molar-refractivity contribution is -0.0351.